The third-order valence-corrected chi connectivity index (χ3v) is 10.3. The van der Waals surface area contributed by atoms with E-state index in [1.54, 1.807) is 5.57 Å². The average molecular weight is 411 g/mol. The molecule has 1 heteroatoms. The summed E-state index contributed by atoms with van der Waals surface area (Å²) in [7, 11) is 0. The van der Waals surface area contributed by atoms with E-state index in [2.05, 4.69) is 60.6 Å². The smallest absolute Gasteiger partial charge is 0.142 e. The molecule has 0 amide bonds. The lowest BCUT2D eigenvalue weighted by Gasteiger charge is -2.59. The second-order valence-electron chi connectivity index (χ2n) is 12.8. The molecule has 0 spiro atoms. The van der Waals surface area contributed by atoms with Gasteiger partial charge in [0.15, 0.2) is 0 Å². The van der Waals surface area contributed by atoms with Gasteiger partial charge in [-0.15, -0.1) is 0 Å². The maximum absolute atomic E-state index is 12.7. The Morgan fingerprint density at radius 2 is 1.67 bits per heavy atom. The van der Waals surface area contributed by atoms with E-state index in [0.29, 0.717) is 11.2 Å². The molecule has 168 valence electrons. The highest BCUT2D eigenvalue weighted by Crippen LogP contribution is 2.67. The van der Waals surface area contributed by atoms with Gasteiger partial charge in [0.25, 0.3) is 0 Å². The number of Topliss-reactive ketones (excluding diaryl/α,β-unsaturated/α-hetero) is 1. The average Bonchev–Trinajstić information content (AvgIpc) is 3.02. The summed E-state index contributed by atoms with van der Waals surface area (Å²) in [4.78, 5) is 12.7. The third-order valence-electron chi connectivity index (χ3n) is 10.3. The Morgan fingerprint density at radius 1 is 0.933 bits per heavy atom. The third kappa shape index (κ3) is 3.29. The Bertz CT molecular complexity index is 752. The summed E-state index contributed by atoms with van der Waals surface area (Å²) in [6.45, 7) is 16.7. The number of carbonyl (C=O) groups is 1. The van der Waals surface area contributed by atoms with Crippen molar-refractivity contribution >= 4 is 5.78 Å². The molecule has 1 nitrogen and oxygen atoms in total. The van der Waals surface area contributed by atoms with Crippen molar-refractivity contribution < 1.29 is 4.79 Å². The standard InChI is InChI=1S/C29H46O/c1-19(2)9-8-10-20(3)22-12-13-23-21-11-14-25-27(4,5)26(30)16-18-29(25,7)24(21)15-17-28(22,23)6/h12,14,19-21,23-24H,8-11,13,15-18H2,1-7H3/t20-,21+,23+,24+,28-,29-/m1/s1. The predicted molar refractivity (Wildman–Crippen MR) is 127 cm³/mol. The normalized spacial score (nSPS) is 40.9. The van der Waals surface area contributed by atoms with Gasteiger partial charge in [-0.3, -0.25) is 4.79 Å². The van der Waals surface area contributed by atoms with Gasteiger partial charge in [0.2, 0.25) is 0 Å². The summed E-state index contributed by atoms with van der Waals surface area (Å²) in [5.74, 6) is 4.42. The Balaban J connectivity index is 1.55. The zero-order valence-electron chi connectivity index (χ0n) is 20.8. The second-order valence-corrected chi connectivity index (χ2v) is 12.8. The van der Waals surface area contributed by atoms with E-state index in [4.69, 9.17) is 0 Å². The first-order valence-electron chi connectivity index (χ1n) is 13.0. The minimum atomic E-state index is -0.247. The van der Waals surface area contributed by atoms with E-state index in [9.17, 15) is 4.79 Å². The van der Waals surface area contributed by atoms with Crippen LogP contribution >= 0.6 is 0 Å². The van der Waals surface area contributed by atoms with Crippen molar-refractivity contribution in [1.29, 1.82) is 0 Å². The van der Waals surface area contributed by atoms with Crippen LogP contribution in [0.2, 0.25) is 0 Å². The molecule has 6 atom stereocenters. The van der Waals surface area contributed by atoms with Gasteiger partial charge in [0.1, 0.15) is 5.78 Å². The van der Waals surface area contributed by atoms with Gasteiger partial charge in [-0.1, -0.05) is 70.8 Å². The van der Waals surface area contributed by atoms with Crippen molar-refractivity contribution in [2.75, 3.05) is 0 Å². The zero-order chi connectivity index (χ0) is 21.9. The Kier molecular flexibility index (Phi) is 5.68. The van der Waals surface area contributed by atoms with Gasteiger partial charge in [-0.25, -0.2) is 0 Å². The first-order chi connectivity index (χ1) is 14.0. The van der Waals surface area contributed by atoms with Crippen molar-refractivity contribution in [3.8, 4) is 0 Å². The maximum Gasteiger partial charge on any atom is 0.142 e. The molecule has 0 heterocycles. The number of hydrogen-bond donors (Lipinski definition) is 0. The molecule has 4 rings (SSSR count). The van der Waals surface area contributed by atoms with Crippen molar-refractivity contribution in [2.24, 2.45) is 45.8 Å². The Labute approximate surface area is 186 Å². The first kappa shape index (κ1) is 22.3. The fourth-order valence-electron chi connectivity index (χ4n) is 8.57. The summed E-state index contributed by atoms with van der Waals surface area (Å²) in [6, 6.07) is 0. The number of hydrogen-bond acceptors (Lipinski definition) is 1. The van der Waals surface area contributed by atoms with Crippen LogP contribution in [-0.2, 0) is 4.79 Å². The summed E-state index contributed by atoms with van der Waals surface area (Å²) < 4.78 is 0. The van der Waals surface area contributed by atoms with Gasteiger partial charge in [0.05, 0.1) is 0 Å². The van der Waals surface area contributed by atoms with Gasteiger partial charge in [-0.2, -0.15) is 0 Å². The lowest BCUT2D eigenvalue weighted by atomic mass is 9.44. The molecule has 0 N–H and O–H groups in total. The molecular formula is C29H46O. The van der Waals surface area contributed by atoms with Crippen LogP contribution in [0.5, 0.6) is 0 Å². The monoisotopic (exact) mass is 410 g/mol. The van der Waals surface area contributed by atoms with E-state index >= 15 is 0 Å². The SMILES string of the molecule is CC(C)CCC[C@@H](C)C1=CC[C@H]2[C@@H]3CC=C4C(C)(C)C(=O)CC[C@]4(C)[C@H]3CC[C@]12C. The largest absolute Gasteiger partial charge is 0.299 e. The molecule has 0 unspecified atom stereocenters. The van der Waals surface area contributed by atoms with Crippen molar-refractivity contribution in [3.05, 3.63) is 23.3 Å². The first-order valence-corrected chi connectivity index (χ1v) is 13.0. The predicted octanol–water partition coefficient (Wildman–Crippen LogP) is 8.15. The summed E-state index contributed by atoms with van der Waals surface area (Å²) in [6.07, 6.45) is 16.4. The van der Waals surface area contributed by atoms with E-state index in [-0.39, 0.29) is 10.8 Å². The molecule has 0 aliphatic heterocycles. The molecule has 30 heavy (non-hydrogen) atoms. The van der Waals surface area contributed by atoms with Crippen molar-refractivity contribution in [2.45, 2.75) is 106 Å². The quantitative estimate of drug-likeness (QED) is 0.418. The van der Waals surface area contributed by atoms with Crippen LogP contribution in [0, 0.1) is 45.8 Å². The van der Waals surface area contributed by atoms with Crippen LogP contribution in [0.15, 0.2) is 23.3 Å². The molecule has 2 saturated carbocycles. The van der Waals surface area contributed by atoms with E-state index < -0.39 is 0 Å². The molecule has 0 aromatic rings. The molecule has 4 aliphatic rings. The molecule has 0 aromatic carbocycles. The van der Waals surface area contributed by atoms with Gasteiger partial charge < -0.3 is 0 Å². The number of allylic oxidation sites excluding steroid dienone is 4. The number of carbonyl (C=O) groups excluding carboxylic acids is 1. The fourth-order valence-corrected chi connectivity index (χ4v) is 8.57. The van der Waals surface area contributed by atoms with Crippen LogP contribution in [0.4, 0.5) is 0 Å². The molecular weight excluding hydrogens is 364 g/mol. The molecule has 0 bridgehead atoms. The minimum Gasteiger partial charge on any atom is -0.299 e. The number of ketones is 1. The van der Waals surface area contributed by atoms with Crippen LogP contribution in [0.1, 0.15) is 106 Å². The molecule has 0 saturated heterocycles. The van der Waals surface area contributed by atoms with Gasteiger partial charge >= 0.3 is 0 Å². The summed E-state index contributed by atoms with van der Waals surface area (Å²) in [5, 5.41) is 0. The molecule has 0 radical (unpaired) electrons. The molecule has 4 aliphatic carbocycles. The van der Waals surface area contributed by atoms with E-state index in [1.165, 1.54) is 50.5 Å². The number of fused-ring (bicyclic) bond motifs is 5. The van der Waals surface area contributed by atoms with Crippen molar-refractivity contribution in [3.63, 3.8) is 0 Å². The summed E-state index contributed by atoms with van der Waals surface area (Å²) >= 11 is 0. The fraction of sp³-hybridized carbons (Fsp3) is 0.828. The highest BCUT2D eigenvalue weighted by molar-refractivity contribution is 5.89. The number of rotatable bonds is 5. The topological polar surface area (TPSA) is 17.1 Å². The van der Waals surface area contributed by atoms with Crippen LogP contribution in [-0.4, -0.2) is 5.78 Å². The Morgan fingerprint density at radius 3 is 2.37 bits per heavy atom. The Hall–Kier alpha value is -0.850. The van der Waals surface area contributed by atoms with E-state index in [1.807, 2.05) is 0 Å². The molecule has 0 aromatic heterocycles. The van der Waals surface area contributed by atoms with Gasteiger partial charge in [-0.05, 0) is 92.8 Å². The highest BCUT2D eigenvalue weighted by Gasteiger charge is 2.59. The zero-order valence-corrected chi connectivity index (χ0v) is 20.8. The lowest BCUT2D eigenvalue weighted by molar-refractivity contribution is -0.131. The van der Waals surface area contributed by atoms with E-state index in [0.717, 1.165) is 42.4 Å². The van der Waals surface area contributed by atoms with Crippen LogP contribution < -0.4 is 0 Å². The minimum absolute atomic E-state index is 0.243. The lowest BCUT2D eigenvalue weighted by Crippen LogP contribution is -2.53. The van der Waals surface area contributed by atoms with Crippen LogP contribution in [0.3, 0.4) is 0 Å². The second kappa shape index (κ2) is 7.63. The summed E-state index contributed by atoms with van der Waals surface area (Å²) in [5.41, 5.74) is 3.70. The van der Waals surface area contributed by atoms with Gasteiger partial charge in [0, 0.05) is 11.8 Å². The molecule has 2 fully saturated rings. The maximum atomic E-state index is 12.7. The highest BCUT2D eigenvalue weighted by atomic mass is 16.1. The van der Waals surface area contributed by atoms with Crippen molar-refractivity contribution in [1.82, 2.24) is 0 Å². The van der Waals surface area contributed by atoms with Crippen LogP contribution in [0.25, 0.3) is 0 Å².